The first-order chi connectivity index (χ1) is 9.38. The van der Waals surface area contributed by atoms with E-state index in [2.05, 4.69) is 18.6 Å². The summed E-state index contributed by atoms with van der Waals surface area (Å²) in [4.78, 5) is 0.199. The SMILES string of the molecule is CC(C)c1ccc(S(=O)(=O)Nc2cccc(O)c2)cc1. The van der Waals surface area contributed by atoms with Crippen molar-refractivity contribution in [3.8, 4) is 5.75 Å². The van der Waals surface area contributed by atoms with Crippen LogP contribution in [0.3, 0.4) is 0 Å². The van der Waals surface area contributed by atoms with Gasteiger partial charge in [-0.1, -0.05) is 32.0 Å². The molecular weight excluding hydrogens is 274 g/mol. The van der Waals surface area contributed by atoms with Crippen molar-refractivity contribution in [1.29, 1.82) is 0 Å². The van der Waals surface area contributed by atoms with Gasteiger partial charge in [0, 0.05) is 6.07 Å². The Hall–Kier alpha value is -2.01. The zero-order valence-corrected chi connectivity index (χ0v) is 12.2. The molecule has 2 aromatic carbocycles. The maximum atomic E-state index is 12.2. The molecule has 2 rings (SSSR count). The highest BCUT2D eigenvalue weighted by atomic mass is 32.2. The number of phenolic OH excluding ortho intramolecular Hbond substituents is 1. The average Bonchev–Trinajstić information content (AvgIpc) is 2.38. The number of aromatic hydroxyl groups is 1. The number of benzene rings is 2. The van der Waals surface area contributed by atoms with Gasteiger partial charge in [0.25, 0.3) is 10.0 Å². The van der Waals surface area contributed by atoms with Crippen LogP contribution in [0.15, 0.2) is 53.4 Å². The van der Waals surface area contributed by atoms with Crippen LogP contribution < -0.4 is 4.72 Å². The van der Waals surface area contributed by atoms with Crippen molar-refractivity contribution in [3.63, 3.8) is 0 Å². The van der Waals surface area contributed by atoms with E-state index in [9.17, 15) is 13.5 Å². The number of phenols is 1. The molecule has 0 heterocycles. The number of sulfonamides is 1. The first-order valence-corrected chi connectivity index (χ1v) is 7.78. The first kappa shape index (κ1) is 14.4. The van der Waals surface area contributed by atoms with Crippen molar-refractivity contribution in [2.45, 2.75) is 24.7 Å². The molecule has 5 heteroatoms. The molecule has 0 unspecified atom stereocenters. The van der Waals surface area contributed by atoms with E-state index in [1.807, 2.05) is 12.1 Å². The highest BCUT2D eigenvalue weighted by Crippen LogP contribution is 2.21. The van der Waals surface area contributed by atoms with Crippen molar-refractivity contribution in [1.82, 2.24) is 0 Å². The predicted molar refractivity (Wildman–Crippen MR) is 79.4 cm³/mol. The Morgan fingerprint density at radius 1 is 1.05 bits per heavy atom. The van der Waals surface area contributed by atoms with Gasteiger partial charge in [-0.25, -0.2) is 8.42 Å². The van der Waals surface area contributed by atoms with Crippen LogP contribution in [0.4, 0.5) is 5.69 Å². The second kappa shape index (κ2) is 5.54. The zero-order valence-electron chi connectivity index (χ0n) is 11.4. The lowest BCUT2D eigenvalue weighted by molar-refractivity contribution is 0.475. The van der Waals surface area contributed by atoms with Crippen molar-refractivity contribution in [3.05, 3.63) is 54.1 Å². The first-order valence-electron chi connectivity index (χ1n) is 6.30. The predicted octanol–water partition coefficient (Wildman–Crippen LogP) is 3.32. The van der Waals surface area contributed by atoms with Crippen molar-refractivity contribution in [2.24, 2.45) is 0 Å². The zero-order chi connectivity index (χ0) is 14.8. The third kappa shape index (κ3) is 3.30. The summed E-state index contributed by atoms with van der Waals surface area (Å²) in [5.41, 5.74) is 1.42. The van der Waals surface area contributed by atoms with E-state index in [0.29, 0.717) is 11.6 Å². The van der Waals surface area contributed by atoms with Crippen LogP contribution in [0, 0.1) is 0 Å². The Bertz CT molecular complexity index is 691. The molecule has 0 saturated heterocycles. The topological polar surface area (TPSA) is 66.4 Å². The van der Waals surface area contributed by atoms with Crippen LogP contribution >= 0.6 is 0 Å². The minimum Gasteiger partial charge on any atom is -0.508 e. The number of hydrogen-bond donors (Lipinski definition) is 2. The Kier molecular flexibility index (Phi) is 3.99. The molecule has 2 N–H and O–H groups in total. The minimum atomic E-state index is -3.63. The quantitative estimate of drug-likeness (QED) is 0.908. The Morgan fingerprint density at radius 2 is 1.70 bits per heavy atom. The summed E-state index contributed by atoms with van der Waals surface area (Å²) in [6.07, 6.45) is 0. The van der Waals surface area contributed by atoms with E-state index in [1.165, 1.54) is 12.1 Å². The summed E-state index contributed by atoms with van der Waals surface area (Å²) in [6.45, 7) is 4.10. The van der Waals surface area contributed by atoms with E-state index >= 15 is 0 Å². The van der Waals surface area contributed by atoms with E-state index in [-0.39, 0.29) is 10.6 Å². The van der Waals surface area contributed by atoms with Crippen LogP contribution in [-0.4, -0.2) is 13.5 Å². The smallest absolute Gasteiger partial charge is 0.261 e. The second-order valence-corrected chi connectivity index (χ2v) is 6.56. The van der Waals surface area contributed by atoms with Gasteiger partial charge < -0.3 is 5.11 Å². The fraction of sp³-hybridized carbons (Fsp3) is 0.200. The number of nitrogens with one attached hydrogen (secondary N) is 1. The molecule has 0 fully saturated rings. The van der Waals surface area contributed by atoms with Crippen LogP contribution in [0.1, 0.15) is 25.3 Å². The van der Waals surface area contributed by atoms with Gasteiger partial charge in [-0.2, -0.15) is 0 Å². The van der Waals surface area contributed by atoms with E-state index in [0.717, 1.165) is 5.56 Å². The summed E-state index contributed by atoms with van der Waals surface area (Å²) in [6, 6.07) is 12.8. The lowest BCUT2D eigenvalue weighted by Crippen LogP contribution is -2.12. The maximum Gasteiger partial charge on any atom is 0.261 e. The van der Waals surface area contributed by atoms with Crippen LogP contribution in [-0.2, 0) is 10.0 Å². The van der Waals surface area contributed by atoms with E-state index < -0.39 is 10.0 Å². The summed E-state index contributed by atoms with van der Waals surface area (Å²) < 4.78 is 26.8. The standard InChI is InChI=1S/C15H17NO3S/c1-11(2)12-6-8-15(9-7-12)20(18,19)16-13-4-3-5-14(17)10-13/h3-11,16-17H,1-2H3. The molecule has 0 bridgehead atoms. The largest absolute Gasteiger partial charge is 0.508 e. The van der Waals surface area contributed by atoms with Gasteiger partial charge in [-0.15, -0.1) is 0 Å². The third-order valence-electron chi connectivity index (χ3n) is 2.96. The van der Waals surface area contributed by atoms with Crippen molar-refractivity contribution < 1.29 is 13.5 Å². The molecule has 0 saturated carbocycles. The van der Waals surface area contributed by atoms with Crippen LogP contribution in [0.25, 0.3) is 0 Å². The van der Waals surface area contributed by atoms with Gasteiger partial charge in [0.05, 0.1) is 10.6 Å². The van der Waals surface area contributed by atoms with Gasteiger partial charge in [-0.3, -0.25) is 4.72 Å². The molecule has 0 atom stereocenters. The minimum absolute atomic E-state index is 0.0142. The Balaban J connectivity index is 2.26. The summed E-state index contributed by atoms with van der Waals surface area (Å²) in [7, 11) is -3.63. The molecule has 0 spiro atoms. The lowest BCUT2D eigenvalue weighted by Gasteiger charge is -2.10. The van der Waals surface area contributed by atoms with Crippen molar-refractivity contribution >= 4 is 15.7 Å². The van der Waals surface area contributed by atoms with Gasteiger partial charge in [0.1, 0.15) is 5.75 Å². The molecule has 4 nitrogen and oxygen atoms in total. The van der Waals surface area contributed by atoms with Gasteiger partial charge in [0.15, 0.2) is 0 Å². The molecule has 2 aromatic rings. The van der Waals surface area contributed by atoms with Crippen LogP contribution in [0.2, 0.25) is 0 Å². The monoisotopic (exact) mass is 291 g/mol. The third-order valence-corrected chi connectivity index (χ3v) is 4.35. The number of rotatable bonds is 4. The molecule has 0 aliphatic carbocycles. The lowest BCUT2D eigenvalue weighted by atomic mass is 10.0. The summed E-state index contributed by atoms with van der Waals surface area (Å²) in [5, 5.41) is 9.34. The molecule has 0 radical (unpaired) electrons. The van der Waals surface area contributed by atoms with E-state index in [4.69, 9.17) is 0 Å². The number of hydrogen-bond acceptors (Lipinski definition) is 3. The fourth-order valence-corrected chi connectivity index (χ4v) is 2.86. The van der Waals surface area contributed by atoms with E-state index in [1.54, 1.807) is 24.3 Å². The maximum absolute atomic E-state index is 12.2. The van der Waals surface area contributed by atoms with Crippen LogP contribution in [0.5, 0.6) is 5.75 Å². The highest BCUT2D eigenvalue weighted by molar-refractivity contribution is 7.92. The molecule has 0 amide bonds. The fourth-order valence-electron chi connectivity index (χ4n) is 1.82. The Labute approximate surface area is 119 Å². The molecule has 0 aliphatic heterocycles. The molecule has 0 aliphatic rings. The van der Waals surface area contributed by atoms with Gasteiger partial charge in [0.2, 0.25) is 0 Å². The summed E-state index contributed by atoms with van der Waals surface area (Å²) in [5.74, 6) is 0.367. The summed E-state index contributed by atoms with van der Waals surface area (Å²) >= 11 is 0. The van der Waals surface area contributed by atoms with Gasteiger partial charge >= 0.3 is 0 Å². The number of anilines is 1. The average molecular weight is 291 g/mol. The highest BCUT2D eigenvalue weighted by Gasteiger charge is 2.14. The molecule has 0 aromatic heterocycles. The molecule has 106 valence electrons. The Morgan fingerprint density at radius 3 is 2.25 bits per heavy atom. The molecule has 20 heavy (non-hydrogen) atoms. The second-order valence-electron chi connectivity index (χ2n) is 4.88. The van der Waals surface area contributed by atoms with Gasteiger partial charge in [-0.05, 0) is 35.7 Å². The molecular formula is C15H17NO3S. The normalized spacial score (nSPS) is 11.6. The van der Waals surface area contributed by atoms with Crippen molar-refractivity contribution in [2.75, 3.05) is 4.72 Å².